The quantitative estimate of drug-likeness (QED) is 0.535. The van der Waals surface area contributed by atoms with E-state index in [0.29, 0.717) is 0 Å². The fourth-order valence-corrected chi connectivity index (χ4v) is 3.72. The van der Waals surface area contributed by atoms with Gasteiger partial charge in [0.05, 0.1) is 0 Å². The van der Waals surface area contributed by atoms with Crippen LogP contribution in [0.25, 0.3) is 28.0 Å². The first kappa shape index (κ1) is 10.2. The summed E-state index contributed by atoms with van der Waals surface area (Å²) in [5, 5.41) is 2.70. The van der Waals surface area contributed by atoms with E-state index < -0.39 is 0 Å². The Hall–Kier alpha value is -1.73. The van der Waals surface area contributed by atoms with E-state index in [0.717, 1.165) is 5.75 Å². The molecule has 0 spiro atoms. The minimum Gasteiger partial charge on any atom is -0.121 e. The van der Waals surface area contributed by atoms with Gasteiger partial charge in [-0.25, -0.2) is 0 Å². The van der Waals surface area contributed by atoms with Crippen LogP contribution in [-0.2, 0) is 0 Å². The van der Waals surface area contributed by atoms with Gasteiger partial charge >= 0.3 is 0 Å². The van der Waals surface area contributed by atoms with Gasteiger partial charge in [0.25, 0.3) is 0 Å². The van der Waals surface area contributed by atoms with Crippen molar-refractivity contribution in [3.8, 4) is 11.1 Å². The molecule has 0 saturated carbocycles. The molecule has 18 heavy (non-hydrogen) atoms. The Morgan fingerprint density at radius 2 is 1.89 bits per heavy atom. The Morgan fingerprint density at radius 3 is 2.89 bits per heavy atom. The monoisotopic (exact) mass is 248 g/mol. The minimum absolute atomic E-state index is 1.07. The van der Waals surface area contributed by atoms with E-state index in [1.807, 2.05) is 11.8 Å². The summed E-state index contributed by atoms with van der Waals surface area (Å²) in [6.07, 6.45) is 4.54. The largest absolute Gasteiger partial charge is 0.121 e. The van der Waals surface area contributed by atoms with E-state index in [1.54, 1.807) is 0 Å². The van der Waals surface area contributed by atoms with Crippen molar-refractivity contribution < 1.29 is 0 Å². The Kier molecular flexibility index (Phi) is 2.21. The van der Waals surface area contributed by atoms with Crippen molar-refractivity contribution in [2.45, 2.75) is 4.90 Å². The van der Waals surface area contributed by atoms with Crippen molar-refractivity contribution in [1.29, 1.82) is 0 Å². The molecule has 2 aliphatic carbocycles. The maximum Gasteiger partial charge on any atom is 0.0232 e. The number of benzene rings is 1. The lowest BCUT2D eigenvalue weighted by molar-refractivity contribution is 1.50. The second kappa shape index (κ2) is 3.89. The van der Waals surface area contributed by atoms with Crippen LogP contribution in [0.4, 0.5) is 0 Å². The second-order valence-electron chi connectivity index (χ2n) is 4.58. The molecule has 0 aromatic heterocycles. The normalized spacial score (nSPS) is 14.0. The van der Waals surface area contributed by atoms with Crippen LogP contribution in [0.5, 0.6) is 0 Å². The first-order valence-corrected chi connectivity index (χ1v) is 7.16. The van der Waals surface area contributed by atoms with Crippen LogP contribution in [0.1, 0.15) is 5.56 Å². The van der Waals surface area contributed by atoms with Crippen molar-refractivity contribution in [1.82, 2.24) is 0 Å². The van der Waals surface area contributed by atoms with Crippen molar-refractivity contribution in [3.05, 3.63) is 60.2 Å². The molecule has 1 heterocycles. The third kappa shape index (κ3) is 1.41. The molecule has 0 saturated heterocycles. The fraction of sp³-hybridized carbons (Fsp3) is 0.0588. The lowest BCUT2D eigenvalue weighted by Crippen LogP contribution is -1.87. The summed E-state index contributed by atoms with van der Waals surface area (Å²) in [6, 6.07) is 17.6. The van der Waals surface area contributed by atoms with E-state index >= 15 is 0 Å². The number of hydrogen-bond donors (Lipinski definition) is 0. The zero-order valence-corrected chi connectivity index (χ0v) is 10.7. The van der Waals surface area contributed by atoms with Crippen LogP contribution < -0.4 is 0 Å². The number of thioether (sulfide) groups is 1. The summed E-state index contributed by atoms with van der Waals surface area (Å²) in [7, 11) is 0. The first-order chi connectivity index (χ1) is 8.93. The molecular weight excluding hydrogens is 236 g/mol. The molecule has 0 atom stereocenters. The van der Waals surface area contributed by atoms with Crippen LogP contribution in [0.15, 0.2) is 59.5 Å². The van der Waals surface area contributed by atoms with Crippen LogP contribution in [0.3, 0.4) is 0 Å². The molecule has 0 unspecified atom stereocenters. The highest BCUT2D eigenvalue weighted by Crippen LogP contribution is 2.41. The van der Waals surface area contributed by atoms with E-state index in [2.05, 4.69) is 60.7 Å². The fourth-order valence-electron chi connectivity index (χ4n) is 2.69. The van der Waals surface area contributed by atoms with Crippen molar-refractivity contribution in [2.24, 2.45) is 0 Å². The van der Waals surface area contributed by atoms with Gasteiger partial charge in [-0.3, -0.25) is 0 Å². The molecule has 0 radical (unpaired) electrons. The summed E-state index contributed by atoms with van der Waals surface area (Å²) in [6.45, 7) is 0. The standard InChI is InChI=1S/C17H12S/c1-2-7-15-13(5-1)11-12-6-3-8-14(12)16-9-4-10-18-17(15)16/h1-9,11H,10H2. The number of hydrogen-bond acceptors (Lipinski definition) is 1. The summed E-state index contributed by atoms with van der Waals surface area (Å²) in [4.78, 5) is 1.43. The highest BCUT2D eigenvalue weighted by atomic mass is 32.2. The van der Waals surface area contributed by atoms with Gasteiger partial charge in [0.1, 0.15) is 0 Å². The van der Waals surface area contributed by atoms with Crippen LogP contribution >= 0.6 is 11.8 Å². The SMILES string of the molecule is C1=Cc2c3cccc-3cc3ccccc3c2SC1. The second-order valence-corrected chi connectivity index (χ2v) is 5.61. The Bertz CT molecular complexity index is 740. The molecule has 0 N–H and O–H groups in total. The molecule has 1 aromatic carbocycles. The molecule has 0 nitrogen and oxygen atoms in total. The zero-order valence-electron chi connectivity index (χ0n) is 9.89. The average Bonchev–Trinajstić information content (AvgIpc) is 2.83. The molecule has 4 rings (SSSR count). The van der Waals surface area contributed by atoms with Gasteiger partial charge in [0.2, 0.25) is 0 Å². The average molecular weight is 248 g/mol. The zero-order chi connectivity index (χ0) is 11.9. The van der Waals surface area contributed by atoms with Gasteiger partial charge in [0.15, 0.2) is 0 Å². The van der Waals surface area contributed by atoms with Crippen molar-refractivity contribution in [2.75, 3.05) is 5.75 Å². The molecule has 1 aliphatic heterocycles. The molecule has 1 heteroatoms. The predicted molar refractivity (Wildman–Crippen MR) is 80.3 cm³/mol. The van der Waals surface area contributed by atoms with Gasteiger partial charge in [-0.1, -0.05) is 54.6 Å². The van der Waals surface area contributed by atoms with Gasteiger partial charge in [-0.05, 0) is 33.5 Å². The van der Waals surface area contributed by atoms with Gasteiger partial charge in [-0.2, -0.15) is 0 Å². The van der Waals surface area contributed by atoms with Gasteiger partial charge in [-0.15, -0.1) is 11.8 Å². The minimum atomic E-state index is 1.07. The summed E-state index contributed by atoms with van der Waals surface area (Å²) in [5.41, 5.74) is 4.08. The Morgan fingerprint density at radius 1 is 0.944 bits per heavy atom. The highest BCUT2D eigenvalue weighted by Gasteiger charge is 2.15. The first-order valence-electron chi connectivity index (χ1n) is 6.17. The van der Waals surface area contributed by atoms with Crippen LogP contribution in [-0.4, -0.2) is 5.75 Å². The van der Waals surface area contributed by atoms with Gasteiger partial charge in [0, 0.05) is 10.6 Å². The molecule has 3 aliphatic rings. The molecule has 86 valence electrons. The topological polar surface area (TPSA) is 0 Å². The van der Waals surface area contributed by atoms with Crippen molar-refractivity contribution >= 4 is 28.6 Å². The maximum absolute atomic E-state index is 2.30. The maximum atomic E-state index is 2.30. The molecular formula is C17H12S. The van der Waals surface area contributed by atoms with E-state index in [4.69, 9.17) is 0 Å². The third-order valence-electron chi connectivity index (χ3n) is 3.51. The number of fused-ring (bicyclic) bond motifs is 5. The Balaban J connectivity index is 2.27. The Labute approximate surface area is 111 Å². The molecule has 1 aromatic rings. The number of rotatable bonds is 0. The van der Waals surface area contributed by atoms with E-state index in [1.165, 1.54) is 32.4 Å². The highest BCUT2D eigenvalue weighted by molar-refractivity contribution is 7.99. The van der Waals surface area contributed by atoms with Gasteiger partial charge < -0.3 is 0 Å². The molecule has 0 amide bonds. The third-order valence-corrected chi connectivity index (χ3v) is 4.60. The lowest BCUT2D eigenvalue weighted by Gasteiger charge is -2.11. The van der Waals surface area contributed by atoms with Crippen molar-refractivity contribution in [3.63, 3.8) is 0 Å². The van der Waals surface area contributed by atoms with Crippen LogP contribution in [0, 0.1) is 0 Å². The summed E-state index contributed by atoms with van der Waals surface area (Å²) >= 11 is 1.94. The predicted octanol–water partition coefficient (Wildman–Crippen LogP) is 5.06. The molecule has 0 fully saturated rings. The van der Waals surface area contributed by atoms with Crippen LogP contribution in [0.2, 0.25) is 0 Å². The van der Waals surface area contributed by atoms with E-state index in [9.17, 15) is 0 Å². The lowest BCUT2D eigenvalue weighted by atomic mass is 10.1. The van der Waals surface area contributed by atoms with E-state index in [-0.39, 0.29) is 0 Å². The smallest absolute Gasteiger partial charge is 0.0232 e. The summed E-state index contributed by atoms with van der Waals surface area (Å²) < 4.78 is 0. The molecule has 0 bridgehead atoms. The summed E-state index contributed by atoms with van der Waals surface area (Å²) in [5.74, 6) is 1.07.